The predicted molar refractivity (Wildman–Crippen MR) is 186 cm³/mol. The van der Waals surface area contributed by atoms with E-state index in [9.17, 15) is 10.2 Å². The summed E-state index contributed by atoms with van der Waals surface area (Å²) in [6.45, 7) is 20.9. The molecule has 1 aliphatic rings. The maximum Gasteiger partial charge on any atom is 0.0893 e. The zero-order valence-electron chi connectivity index (χ0n) is 27.9. The van der Waals surface area contributed by atoms with Crippen molar-refractivity contribution >= 4 is 0 Å². The van der Waals surface area contributed by atoms with Crippen molar-refractivity contribution in [2.75, 3.05) is 0 Å². The zero-order valence-corrected chi connectivity index (χ0v) is 27.9. The lowest BCUT2D eigenvalue weighted by Crippen LogP contribution is -2.44. The van der Waals surface area contributed by atoms with Crippen molar-refractivity contribution in [2.24, 2.45) is 5.41 Å². The molecule has 228 valence electrons. The Morgan fingerprint density at radius 2 is 1.14 bits per heavy atom. The second-order valence-corrected chi connectivity index (χ2v) is 12.4. The van der Waals surface area contributed by atoms with E-state index in [1.807, 2.05) is 20.8 Å². The quantitative estimate of drug-likeness (QED) is 0.171. The summed E-state index contributed by atoms with van der Waals surface area (Å²) in [4.78, 5) is 0. The van der Waals surface area contributed by atoms with Gasteiger partial charge < -0.3 is 10.2 Å². The Hall–Kier alpha value is -3.20. The SMILES string of the molecule is CC(C)=CCCC(C)=CC=CC(C)=CC=CC(C)=CC=CC=C(C)C=CC=C(C)C=CC1=C(C)CC(O)C(O)C1(C)C. The number of hydrogen-bond donors (Lipinski definition) is 2. The molecule has 0 aromatic heterocycles. The van der Waals surface area contributed by atoms with Gasteiger partial charge in [-0.05, 0) is 80.2 Å². The molecule has 1 rings (SSSR count). The third-order valence-electron chi connectivity index (χ3n) is 7.38. The van der Waals surface area contributed by atoms with Gasteiger partial charge >= 0.3 is 0 Å². The van der Waals surface area contributed by atoms with Gasteiger partial charge in [-0.3, -0.25) is 0 Å². The lowest BCUT2D eigenvalue weighted by Gasteiger charge is -2.40. The average molecular weight is 569 g/mol. The van der Waals surface area contributed by atoms with Gasteiger partial charge in [0.15, 0.2) is 0 Å². The van der Waals surface area contributed by atoms with Crippen molar-refractivity contribution in [1.29, 1.82) is 0 Å². The van der Waals surface area contributed by atoms with E-state index in [2.05, 4.69) is 146 Å². The molecule has 0 bridgehead atoms. The van der Waals surface area contributed by atoms with Crippen LogP contribution in [0.25, 0.3) is 0 Å². The highest BCUT2D eigenvalue weighted by atomic mass is 16.3. The van der Waals surface area contributed by atoms with E-state index in [0.29, 0.717) is 6.42 Å². The van der Waals surface area contributed by atoms with Crippen molar-refractivity contribution in [2.45, 2.75) is 101 Å². The van der Waals surface area contributed by atoms with Gasteiger partial charge in [0, 0.05) is 5.41 Å². The highest BCUT2D eigenvalue weighted by Gasteiger charge is 2.40. The van der Waals surface area contributed by atoms with E-state index in [1.54, 1.807) is 0 Å². The normalized spacial score (nSPS) is 21.8. The molecule has 0 amide bonds. The molecule has 0 heterocycles. The standard InChI is InChI=1S/C40H56O2/c1-30(2)17-13-20-33(5)23-15-25-34(6)24-14-21-31(3)18-11-12-19-32(4)22-16-26-35(7)27-28-37-36(8)29-38(41)39(42)40(37,9)10/h11-12,14-19,21-28,38-39,41-42H,13,20,29H2,1-10H3. The second kappa shape index (κ2) is 19.1. The van der Waals surface area contributed by atoms with E-state index in [0.717, 1.165) is 35.1 Å². The van der Waals surface area contributed by atoms with Crippen molar-refractivity contribution in [3.05, 3.63) is 142 Å². The Kier molecular flexibility index (Phi) is 16.7. The lowest BCUT2D eigenvalue weighted by atomic mass is 9.69. The van der Waals surface area contributed by atoms with Crippen LogP contribution in [0.3, 0.4) is 0 Å². The van der Waals surface area contributed by atoms with Crippen LogP contribution in [-0.4, -0.2) is 22.4 Å². The van der Waals surface area contributed by atoms with Crippen LogP contribution in [0.1, 0.15) is 88.5 Å². The topological polar surface area (TPSA) is 40.5 Å². The number of hydrogen-bond acceptors (Lipinski definition) is 2. The first kappa shape index (κ1) is 36.8. The van der Waals surface area contributed by atoms with Crippen LogP contribution in [0.4, 0.5) is 0 Å². The second-order valence-electron chi connectivity index (χ2n) is 12.4. The Morgan fingerprint density at radius 3 is 1.64 bits per heavy atom. The van der Waals surface area contributed by atoms with Crippen LogP contribution < -0.4 is 0 Å². The summed E-state index contributed by atoms with van der Waals surface area (Å²) >= 11 is 0. The van der Waals surface area contributed by atoms with E-state index >= 15 is 0 Å². The molecule has 0 spiro atoms. The smallest absolute Gasteiger partial charge is 0.0893 e. The molecule has 2 atom stereocenters. The Labute approximate surface area is 257 Å². The first-order valence-electron chi connectivity index (χ1n) is 15.2. The van der Waals surface area contributed by atoms with Crippen LogP contribution in [0.2, 0.25) is 0 Å². The van der Waals surface area contributed by atoms with Crippen molar-refractivity contribution in [3.8, 4) is 0 Å². The van der Waals surface area contributed by atoms with Crippen LogP contribution >= 0.6 is 0 Å². The fourth-order valence-corrected chi connectivity index (χ4v) is 4.67. The Bertz CT molecular complexity index is 1250. The molecule has 2 unspecified atom stereocenters. The summed E-state index contributed by atoms with van der Waals surface area (Å²) in [5.41, 5.74) is 9.23. The van der Waals surface area contributed by atoms with Gasteiger partial charge in [0.1, 0.15) is 0 Å². The highest BCUT2D eigenvalue weighted by molar-refractivity contribution is 5.39. The summed E-state index contributed by atoms with van der Waals surface area (Å²) in [6.07, 6.45) is 35.1. The van der Waals surface area contributed by atoms with E-state index in [4.69, 9.17) is 0 Å². The fraction of sp³-hybridized carbons (Fsp3) is 0.400. The van der Waals surface area contributed by atoms with Gasteiger partial charge in [0.25, 0.3) is 0 Å². The van der Waals surface area contributed by atoms with Gasteiger partial charge in [0.2, 0.25) is 0 Å². The van der Waals surface area contributed by atoms with Crippen LogP contribution in [0.15, 0.2) is 142 Å². The molecule has 0 saturated carbocycles. The summed E-state index contributed by atoms with van der Waals surface area (Å²) in [5.74, 6) is 0. The molecule has 42 heavy (non-hydrogen) atoms. The molecule has 0 aliphatic heterocycles. The van der Waals surface area contributed by atoms with Gasteiger partial charge in [-0.25, -0.2) is 0 Å². The van der Waals surface area contributed by atoms with Crippen LogP contribution in [0, 0.1) is 5.41 Å². The third kappa shape index (κ3) is 14.6. The lowest BCUT2D eigenvalue weighted by molar-refractivity contribution is -0.0439. The van der Waals surface area contributed by atoms with Crippen LogP contribution in [-0.2, 0) is 0 Å². The molecule has 1 aliphatic carbocycles. The fourth-order valence-electron chi connectivity index (χ4n) is 4.67. The minimum absolute atomic E-state index is 0.475. The van der Waals surface area contributed by atoms with Gasteiger partial charge in [-0.1, -0.05) is 150 Å². The summed E-state index contributed by atoms with van der Waals surface area (Å²) in [7, 11) is 0. The molecule has 2 N–H and O–H groups in total. The maximum absolute atomic E-state index is 10.4. The molecule has 2 heteroatoms. The predicted octanol–water partition coefficient (Wildman–Crippen LogP) is 10.7. The molecule has 0 saturated heterocycles. The van der Waals surface area contributed by atoms with Crippen molar-refractivity contribution in [1.82, 2.24) is 0 Å². The summed E-state index contributed by atoms with van der Waals surface area (Å²) in [6, 6.07) is 0. The largest absolute Gasteiger partial charge is 0.390 e. The zero-order chi connectivity index (χ0) is 31.7. The molecule has 0 aromatic rings. The van der Waals surface area contributed by atoms with Crippen LogP contribution in [0.5, 0.6) is 0 Å². The summed E-state index contributed by atoms with van der Waals surface area (Å²) in [5, 5.41) is 20.6. The Morgan fingerprint density at radius 1 is 0.690 bits per heavy atom. The van der Waals surface area contributed by atoms with Crippen molar-refractivity contribution < 1.29 is 10.2 Å². The molecular weight excluding hydrogens is 512 g/mol. The van der Waals surface area contributed by atoms with Gasteiger partial charge in [-0.2, -0.15) is 0 Å². The first-order valence-corrected chi connectivity index (χ1v) is 15.2. The number of aliphatic hydroxyl groups excluding tert-OH is 2. The minimum atomic E-state index is -0.756. The van der Waals surface area contributed by atoms with E-state index in [-0.39, 0.29) is 0 Å². The Balaban J connectivity index is 2.63. The van der Waals surface area contributed by atoms with E-state index < -0.39 is 17.6 Å². The third-order valence-corrected chi connectivity index (χ3v) is 7.38. The highest BCUT2D eigenvalue weighted by Crippen LogP contribution is 2.41. The first-order chi connectivity index (χ1) is 19.7. The number of allylic oxidation sites excluding steroid dienone is 22. The molecule has 0 aromatic carbocycles. The van der Waals surface area contributed by atoms with Gasteiger partial charge in [-0.15, -0.1) is 0 Å². The molecule has 2 nitrogen and oxygen atoms in total. The van der Waals surface area contributed by atoms with Crippen molar-refractivity contribution in [3.63, 3.8) is 0 Å². The maximum atomic E-state index is 10.4. The number of aliphatic hydroxyl groups is 2. The monoisotopic (exact) mass is 568 g/mol. The molecule has 0 fully saturated rings. The van der Waals surface area contributed by atoms with E-state index in [1.165, 1.54) is 22.3 Å². The molecule has 0 radical (unpaired) electrons. The average Bonchev–Trinajstić information content (AvgIpc) is 2.89. The molecular formula is C40H56O2. The minimum Gasteiger partial charge on any atom is -0.390 e. The summed E-state index contributed by atoms with van der Waals surface area (Å²) < 4.78 is 0. The number of rotatable bonds is 13. The van der Waals surface area contributed by atoms with Gasteiger partial charge in [0.05, 0.1) is 12.2 Å².